The lowest BCUT2D eigenvalue weighted by atomic mass is 10.1. The molecule has 3 rings (SSSR count). The van der Waals surface area contributed by atoms with Crippen LogP contribution in [0, 0.1) is 6.92 Å². The maximum atomic E-state index is 11.9. The molecule has 0 saturated heterocycles. The number of hydrogen-bond acceptors (Lipinski definition) is 4. The van der Waals surface area contributed by atoms with E-state index in [1.807, 2.05) is 61.5 Å². The van der Waals surface area contributed by atoms with Crippen LogP contribution in [0.1, 0.15) is 11.1 Å². The Morgan fingerprint density at radius 3 is 2.67 bits per heavy atom. The number of carbonyl (C=O) groups is 1. The van der Waals surface area contributed by atoms with Crippen LogP contribution in [0.5, 0.6) is 0 Å². The number of aromatic nitrogens is 3. The molecule has 0 radical (unpaired) electrons. The van der Waals surface area contributed by atoms with Gasteiger partial charge in [-0.15, -0.1) is 5.10 Å². The summed E-state index contributed by atoms with van der Waals surface area (Å²) in [5.74, 6) is 0.976. The van der Waals surface area contributed by atoms with Crippen LogP contribution in [0.3, 0.4) is 0 Å². The highest BCUT2D eigenvalue weighted by atomic mass is 32.2. The Labute approximate surface area is 144 Å². The van der Waals surface area contributed by atoms with Crippen molar-refractivity contribution in [3.05, 3.63) is 65.7 Å². The van der Waals surface area contributed by atoms with Crippen molar-refractivity contribution in [3.8, 4) is 11.4 Å². The number of hydrogen-bond donors (Lipinski definition) is 2. The van der Waals surface area contributed by atoms with Crippen molar-refractivity contribution in [2.75, 3.05) is 5.75 Å². The van der Waals surface area contributed by atoms with Gasteiger partial charge in [0.05, 0.1) is 5.75 Å². The van der Waals surface area contributed by atoms with E-state index in [0.29, 0.717) is 11.7 Å². The van der Waals surface area contributed by atoms with Gasteiger partial charge in [0.2, 0.25) is 11.1 Å². The fraction of sp³-hybridized carbons (Fsp3) is 0.167. The fourth-order valence-electron chi connectivity index (χ4n) is 2.25. The number of H-pyrrole nitrogens is 1. The average Bonchev–Trinajstić information content (AvgIpc) is 3.08. The lowest BCUT2D eigenvalue weighted by Crippen LogP contribution is -2.24. The molecular formula is C18H18N4OS. The zero-order valence-corrected chi connectivity index (χ0v) is 14.1. The number of thioether (sulfide) groups is 1. The Balaban J connectivity index is 1.52. The average molecular weight is 338 g/mol. The van der Waals surface area contributed by atoms with Gasteiger partial charge in [0, 0.05) is 12.1 Å². The molecule has 0 aliphatic heterocycles. The van der Waals surface area contributed by atoms with E-state index in [1.54, 1.807) is 0 Å². The second-order valence-corrected chi connectivity index (χ2v) is 6.28. The zero-order chi connectivity index (χ0) is 16.8. The molecular weight excluding hydrogens is 320 g/mol. The number of carbonyl (C=O) groups excluding carboxylic acids is 1. The largest absolute Gasteiger partial charge is 0.351 e. The minimum atomic E-state index is -0.0360. The third kappa shape index (κ3) is 4.23. The molecule has 1 heterocycles. The lowest BCUT2D eigenvalue weighted by molar-refractivity contribution is -0.118. The first-order chi connectivity index (χ1) is 11.7. The second kappa shape index (κ2) is 7.79. The minimum Gasteiger partial charge on any atom is -0.351 e. The van der Waals surface area contributed by atoms with Crippen molar-refractivity contribution in [3.63, 3.8) is 0 Å². The molecule has 0 atom stereocenters. The number of nitrogens with zero attached hydrogens (tertiary/aromatic N) is 2. The Morgan fingerprint density at radius 1 is 1.12 bits per heavy atom. The maximum absolute atomic E-state index is 11.9. The highest BCUT2D eigenvalue weighted by Crippen LogP contribution is 2.21. The zero-order valence-electron chi connectivity index (χ0n) is 13.3. The Morgan fingerprint density at radius 2 is 1.88 bits per heavy atom. The number of amides is 1. The van der Waals surface area contributed by atoms with Gasteiger partial charge in [0.25, 0.3) is 0 Å². The standard InChI is InChI=1S/C18H18N4OS/c1-13-7-5-6-10-15(13)17-20-18(22-21-17)24-12-16(23)19-11-14-8-3-2-4-9-14/h2-10H,11-12H2,1H3,(H,19,23)(H,20,21,22). The van der Waals surface area contributed by atoms with Crippen molar-refractivity contribution < 1.29 is 4.79 Å². The van der Waals surface area contributed by atoms with E-state index in [0.717, 1.165) is 22.5 Å². The molecule has 6 heteroatoms. The summed E-state index contributed by atoms with van der Waals surface area (Å²) in [7, 11) is 0. The number of rotatable bonds is 6. The van der Waals surface area contributed by atoms with Crippen molar-refractivity contribution in [1.29, 1.82) is 0 Å². The molecule has 0 aliphatic carbocycles. The summed E-state index contributed by atoms with van der Waals surface area (Å²) in [5.41, 5.74) is 3.23. The van der Waals surface area contributed by atoms with Gasteiger partial charge in [-0.1, -0.05) is 66.4 Å². The van der Waals surface area contributed by atoms with E-state index in [9.17, 15) is 4.79 Å². The summed E-state index contributed by atoms with van der Waals surface area (Å²) in [4.78, 5) is 16.4. The van der Waals surface area contributed by atoms with E-state index >= 15 is 0 Å². The number of benzene rings is 2. The van der Waals surface area contributed by atoms with Gasteiger partial charge in [0.15, 0.2) is 5.82 Å². The van der Waals surface area contributed by atoms with Gasteiger partial charge >= 0.3 is 0 Å². The van der Waals surface area contributed by atoms with Crippen molar-refractivity contribution in [2.24, 2.45) is 0 Å². The van der Waals surface area contributed by atoms with Crippen LogP contribution in [0.25, 0.3) is 11.4 Å². The highest BCUT2D eigenvalue weighted by Gasteiger charge is 2.10. The highest BCUT2D eigenvalue weighted by molar-refractivity contribution is 7.99. The van der Waals surface area contributed by atoms with Crippen molar-refractivity contribution >= 4 is 17.7 Å². The smallest absolute Gasteiger partial charge is 0.230 e. The van der Waals surface area contributed by atoms with E-state index in [2.05, 4.69) is 20.5 Å². The maximum Gasteiger partial charge on any atom is 0.230 e. The molecule has 2 N–H and O–H groups in total. The lowest BCUT2D eigenvalue weighted by Gasteiger charge is -2.03. The van der Waals surface area contributed by atoms with Crippen LogP contribution >= 0.6 is 11.8 Å². The molecule has 0 saturated carbocycles. The molecule has 0 fully saturated rings. The normalized spacial score (nSPS) is 10.5. The molecule has 0 bridgehead atoms. The first-order valence-electron chi connectivity index (χ1n) is 7.64. The molecule has 24 heavy (non-hydrogen) atoms. The van der Waals surface area contributed by atoms with Gasteiger partial charge in [-0.25, -0.2) is 4.98 Å². The van der Waals surface area contributed by atoms with Crippen LogP contribution in [0.2, 0.25) is 0 Å². The van der Waals surface area contributed by atoms with Crippen molar-refractivity contribution in [2.45, 2.75) is 18.6 Å². The third-order valence-corrected chi connectivity index (χ3v) is 4.38. The van der Waals surface area contributed by atoms with Gasteiger partial charge in [-0.3, -0.25) is 9.89 Å². The Hall–Kier alpha value is -2.60. The topological polar surface area (TPSA) is 70.7 Å². The molecule has 1 aromatic heterocycles. The molecule has 0 unspecified atom stereocenters. The molecule has 3 aromatic rings. The summed E-state index contributed by atoms with van der Waals surface area (Å²) in [6.07, 6.45) is 0. The minimum absolute atomic E-state index is 0.0360. The summed E-state index contributed by atoms with van der Waals surface area (Å²) < 4.78 is 0. The molecule has 122 valence electrons. The molecule has 5 nitrogen and oxygen atoms in total. The van der Waals surface area contributed by atoms with Crippen LogP contribution in [0.4, 0.5) is 0 Å². The Bertz CT molecular complexity index is 817. The molecule has 2 aromatic carbocycles. The third-order valence-electron chi connectivity index (χ3n) is 3.53. The predicted octanol–water partition coefficient (Wildman–Crippen LogP) is 3.19. The fourth-order valence-corrected chi connectivity index (χ4v) is 2.88. The second-order valence-electron chi connectivity index (χ2n) is 5.33. The molecule has 1 amide bonds. The summed E-state index contributed by atoms with van der Waals surface area (Å²) in [5, 5.41) is 10.6. The van der Waals surface area contributed by atoms with Gasteiger partial charge in [0.1, 0.15) is 0 Å². The van der Waals surface area contributed by atoms with Gasteiger partial charge < -0.3 is 5.32 Å². The van der Waals surface area contributed by atoms with E-state index < -0.39 is 0 Å². The van der Waals surface area contributed by atoms with E-state index in [1.165, 1.54) is 11.8 Å². The van der Waals surface area contributed by atoms with Crippen LogP contribution in [0.15, 0.2) is 59.8 Å². The summed E-state index contributed by atoms with van der Waals surface area (Å²) in [6, 6.07) is 17.8. The van der Waals surface area contributed by atoms with Crippen LogP contribution in [-0.2, 0) is 11.3 Å². The van der Waals surface area contributed by atoms with Crippen LogP contribution in [-0.4, -0.2) is 26.8 Å². The van der Waals surface area contributed by atoms with Gasteiger partial charge in [-0.2, -0.15) is 0 Å². The first-order valence-corrected chi connectivity index (χ1v) is 8.63. The molecule has 0 aliphatic rings. The van der Waals surface area contributed by atoms with Crippen molar-refractivity contribution in [1.82, 2.24) is 20.5 Å². The summed E-state index contributed by atoms with van der Waals surface area (Å²) >= 11 is 1.32. The summed E-state index contributed by atoms with van der Waals surface area (Å²) in [6.45, 7) is 2.56. The predicted molar refractivity (Wildman–Crippen MR) is 95.6 cm³/mol. The van der Waals surface area contributed by atoms with Crippen LogP contribution < -0.4 is 5.32 Å². The number of aromatic amines is 1. The van der Waals surface area contributed by atoms with E-state index in [-0.39, 0.29) is 11.7 Å². The van der Waals surface area contributed by atoms with E-state index in [4.69, 9.17) is 0 Å². The quantitative estimate of drug-likeness (QED) is 0.677. The van der Waals surface area contributed by atoms with Gasteiger partial charge in [-0.05, 0) is 18.1 Å². The first kappa shape index (κ1) is 16.3. The number of aryl methyl sites for hydroxylation is 1. The number of nitrogens with one attached hydrogen (secondary N) is 2. The molecule has 0 spiro atoms. The Kier molecular flexibility index (Phi) is 5.28. The SMILES string of the molecule is Cc1ccccc1-c1nc(SCC(=O)NCc2ccccc2)n[nH]1. The monoisotopic (exact) mass is 338 g/mol.